The Morgan fingerprint density at radius 2 is 2.00 bits per heavy atom. The van der Waals surface area contributed by atoms with Crippen LogP contribution in [0.1, 0.15) is 31.6 Å². The number of aromatic nitrogens is 1. The fourth-order valence-electron chi connectivity index (χ4n) is 2.95. The smallest absolute Gasteiger partial charge is 0.186 e. The maximum Gasteiger partial charge on any atom is 0.186 e. The van der Waals surface area contributed by atoms with Crippen LogP contribution in [0.25, 0.3) is 11.3 Å². The van der Waals surface area contributed by atoms with Crippen LogP contribution in [0.2, 0.25) is 0 Å². The lowest BCUT2D eigenvalue weighted by atomic mass is 9.96. The fraction of sp³-hybridized carbons (Fsp3) is 0.471. The van der Waals surface area contributed by atoms with E-state index in [2.05, 4.69) is 30.9 Å². The minimum absolute atomic E-state index is 0.0552. The molecule has 21 heavy (non-hydrogen) atoms. The van der Waals surface area contributed by atoms with Crippen LogP contribution in [-0.2, 0) is 6.61 Å². The van der Waals surface area contributed by atoms with Gasteiger partial charge in [-0.05, 0) is 25.7 Å². The minimum atomic E-state index is 0.0552. The van der Waals surface area contributed by atoms with Gasteiger partial charge in [-0.25, -0.2) is 4.98 Å². The van der Waals surface area contributed by atoms with Crippen molar-refractivity contribution in [2.45, 2.75) is 39.3 Å². The van der Waals surface area contributed by atoms with Crippen molar-refractivity contribution in [3.05, 3.63) is 35.2 Å². The maximum atomic E-state index is 9.66. The molecule has 2 aromatic rings. The molecule has 4 heteroatoms. The molecule has 0 saturated carbocycles. The van der Waals surface area contributed by atoms with E-state index in [1.165, 1.54) is 12.8 Å². The van der Waals surface area contributed by atoms with Crippen LogP contribution in [0, 0.1) is 5.92 Å². The fourth-order valence-corrected chi connectivity index (χ4v) is 4.00. The van der Waals surface area contributed by atoms with Crippen molar-refractivity contribution in [2.75, 3.05) is 11.4 Å². The number of benzene rings is 1. The van der Waals surface area contributed by atoms with E-state index in [1.54, 1.807) is 11.3 Å². The summed E-state index contributed by atoms with van der Waals surface area (Å²) in [4.78, 5) is 8.21. The van der Waals surface area contributed by atoms with E-state index in [4.69, 9.17) is 4.98 Å². The zero-order valence-corrected chi connectivity index (χ0v) is 13.4. The Kier molecular flexibility index (Phi) is 4.27. The highest BCUT2D eigenvalue weighted by Gasteiger charge is 2.26. The van der Waals surface area contributed by atoms with Gasteiger partial charge in [0.25, 0.3) is 0 Å². The number of nitrogens with zero attached hydrogens (tertiary/aromatic N) is 2. The van der Waals surface area contributed by atoms with Crippen molar-refractivity contribution in [3.63, 3.8) is 0 Å². The molecule has 0 bridgehead atoms. The van der Waals surface area contributed by atoms with Crippen LogP contribution < -0.4 is 4.90 Å². The first-order valence-corrected chi connectivity index (χ1v) is 8.43. The molecule has 2 atom stereocenters. The summed E-state index contributed by atoms with van der Waals surface area (Å²) in [7, 11) is 0. The van der Waals surface area contributed by atoms with Crippen LogP contribution >= 0.6 is 11.3 Å². The summed E-state index contributed by atoms with van der Waals surface area (Å²) in [6.07, 6.45) is 2.51. The van der Waals surface area contributed by atoms with Crippen molar-refractivity contribution in [1.82, 2.24) is 4.98 Å². The van der Waals surface area contributed by atoms with Crippen LogP contribution in [0.15, 0.2) is 30.3 Å². The summed E-state index contributed by atoms with van der Waals surface area (Å²) < 4.78 is 0. The maximum absolute atomic E-state index is 9.66. The first kappa shape index (κ1) is 14.5. The summed E-state index contributed by atoms with van der Waals surface area (Å²) >= 11 is 1.63. The van der Waals surface area contributed by atoms with Gasteiger partial charge in [0.15, 0.2) is 5.13 Å². The number of thiazole rings is 1. The van der Waals surface area contributed by atoms with Gasteiger partial charge in [-0.2, -0.15) is 0 Å². The third-order valence-electron chi connectivity index (χ3n) is 4.24. The summed E-state index contributed by atoms with van der Waals surface area (Å²) in [5.74, 6) is 0.711. The predicted octanol–water partition coefficient (Wildman–Crippen LogP) is 3.93. The highest BCUT2D eigenvalue weighted by molar-refractivity contribution is 7.16. The topological polar surface area (TPSA) is 36.4 Å². The molecule has 1 fully saturated rings. The van der Waals surface area contributed by atoms with Crippen molar-refractivity contribution in [1.29, 1.82) is 0 Å². The lowest BCUT2D eigenvalue weighted by molar-refractivity contribution is 0.286. The van der Waals surface area contributed by atoms with Gasteiger partial charge in [0.05, 0.1) is 17.2 Å². The molecule has 2 heterocycles. The molecule has 0 spiro atoms. The first-order valence-electron chi connectivity index (χ1n) is 7.61. The van der Waals surface area contributed by atoms with E-state index in [9.17, 15) is 5.11 Å². The number of rotatable bonds is 3. The predicted molar refractivity (Wildman–Crippen MR) is 88.7 cm³/mol. The van der Waals surface area contributed by atoms with Gasteiger partial charge in [-0.15, -0.1) is 0 Å². The van der Waals surface area contributed by atoms with E-state index in [0.717, 1.165) is 27.8 Å². The van der Waals surface area contributed by atoms with Crippen molar-refractivity contribution in [3.8, 4) is 11.3 Å². The summed E-state index contributed by atoms with van der Waals surface area (Å²) in [6.45, 7) is 5.69. The lowest BCUT2D eigenvalue weighted by Gasteiger charge is -2.36. The zero-order chi connectivity index (χ0) is 14.8. The highest BCUT2D eigenvalue weighted by atomic mass is 32.1. The average Bonchev–Trinajstić information content (AvgIpc) is 2.94. The summed E-state index contributed by atoms with van der Waals surface area (Å²) in [5, 5.41) is 10.7. The Balaban J connectivity index is 1.96. The van der Waals surface area contributed by atoms with Gasteiger partial charge >= 0.3 is 0 Å². The molecule has 1 aliphatic heterocycles. The average molecular weight is 302 g/mol. The molecule has 0 aliphatic carbocycles. The first-order chi connectivity index (χ1) is 10.2. The number of aliphatic hydroxyl groups excluding tert-OH is 1. The normalized spacial score (nSPS) is 22.5. The van der Waals surface area contributed by atoms with Gasteiger partial charge < -0.3 is 10.0 Å². The van der Waals surface area contributed by atoms with Crippen molar-refractivity contribution in [2.24, 2.45) is 5.92 Å². The molecule has 1 saturated heterocycles. The van der Waals surface area contributed by atoms with Gasteiger partial charge in [-0.1, -0.05) is 48.6 Å². The van der Waals surface area contributed by atoms with E-state index in [1.807, 2.05) is 18.2 Å². The van der Waals surface area contributed by atoms with Crippen LogP contribution in [-0.4, -0.2) is 22.7 Å². The number of hydrogen-bond acceptors (Lipinski definition) is 4. The molecule has 3 nitrogen and oxygen atoms in total. The Morgan fingerprint density at radius 1 is 1.24 bits per heavy atom. The monoisotopic (exact) mass is 302 g/mol. The third-order valence-corrected chi connectivity index (χ3v) is 5.32. The molecule has 1 aromatic heterocycles. The molecule has 1 N–H and O–H groups in total. The lowest BCUT2D eigenvalue weighted by Crippen LogP contribution is -2.41. The Morgan fingerprint density at radius 3 is 2.71 bits per heavy atom. The Labute approximate surface area is 130 Å². The number of hydrogen-bond donors (Lipinski definition) is 1. The quantitative estimate of drug-likeness (QED) is 0.933. The van der Waals surface area contributed by atoms with E-state index < -0.39 is 0 Å². The standard InChI is InChI=1S/C17H22N2OS/c1-12-8-9-13(2)19(10-12)17-18-16(15(11-20)21-17)14-6-4-3-5-7-14/h3-7,12-13,20H,8-11H2,1-2H3. The highest BCUT2D eigenvalue weighted by Crippen LogP contribution is 2.36. The van der Waals surface area contributed by atoms with Crippen LogP contribution in [0.3, 0.4) is 0 Å². The molecule has 0 radical (unpaired) electrons. The Hall–Kier alpha value is -1.39. The van der Waals surface area contributed by atoms with E-state index in [-0.39, 0.29) is 6.61 Å². The van der Waals surface area contributed by atoms with E-state index >= 15 is 0 Å². The molecule has 1 aromatic carbocycles. The summed E-state index contributed by atoms with van der Waals surface area (Å²) in [6, 6.07) is 10.7. The molecular formula is C17H22N2OS. The van der Waals surface area contributed by atoms with Gasteiger partial charge in [0, 0.05) is 18.2 Å². The minimum Gasteiger partial charge on any atom is -0.391 e. The second-order valence-corrected chi connectivity index (χ2v) is 7.04. The van der Waals surface area contributed by atoms with Gasteiger partial charge in [0.1, 0.15) is 0 Å². The molecule has 112 valence electrons. The third kappa shape index (κ3) is 2.97. The largest absolute Gasteiger partial charge is 0.391 e. The van der Waals surface area contributed by atoms with Crippen LogP contribution in [0.4, 0.5) is 5.13 Å². The molecular weight excluding hydrogens is 280 g/mol. The molecule has 0 amide bonds. The molecule has 3 rings (SSSR count). The second kappa shape index (κ2) is 6.16. The van der Waals surface area contributed by atoms with E-state index in [0.29, 0.717) is 12.0 Å². The van der Waals surface area contributed by atoms with Crippen molar-refractivity contribution < 1.29 is 5.11 Å². The molecule has 2 unspecified atom stereocenters. The zero-order valence-electron chi connectivity index (χ0n) is 12.6. The van der Waals surface area contributed by atoms with Gasteiger partial charge in [-0.3, -0.25) is 0 Å². The SMILES string of the molecule is CC1CCC(C)N(c2nc(-c3ccccc3)c(CO)s2)C1. The Bertz CT molecular complexity index is 596. The van der Waals surface area contributed by atoms with Crippen molar-refractivity contribution >= 4 is 16.5 Å². The second-order valence-electron chi connectivity index (χ2n) is 5.98. The summed E-state index contributed by atoms with van der Waals surface area (Å²) in [5.41, 5.74) is 2.02. The number of piperidine rings is 1. The van der Waals surface area contributed by atoms with Crippen LogP contribution in [0.5, 0.6) is 0 Å². The number of aliphatic hydroxyl groups is 1. The number of anilines is 1. The molecule has 1 aliphatic rings. The van der Waals surface area contributed by atoms with Gasteiger partial charge in [0.2, 0.25) is 0 Å².